The van der Waals surface area contributed by atoms with Gasteiger partial charge >= 0.3 is 5.91 Å². The Labute approximate surface area is 109 Å². The van der Waals surface area contributed by atoms with Crippen LogP contribution in [0.15, 0.2) is 35.1 Å². The minimum atomic E-state index is -0.292. The summed E-state index contributed by atoms with van der Waals surface area (Å²) in [5.74, 6) is 1.19. The molecule has 0 aliphatic heterocycles. The highest BCUT2D eigenvalue weighted by molar-refractivity contribution is 7.98. The van der Waals surface area contributed by atoms with Crippen LogP contribution in [0.3, 0.4) is 0 Å². The standard InChI is InChI=1S/C12H13N3O2S/c1-18-6-5-14-11(16)12-15-8-10(17-12)9-3-2-4-13-7-9/h2-4,7-8H,5-6H2,1H3,(H,14,16). The highest BCUT2D eigenvalue weighted by Gasteiger charge is 2.13. The lowest BCUT2D eigenvalue weighted by molar-refractivity contribution is 0.0922. The van der Waals surface area contributed by atoms with Crippen LogP contribution in [0.25, 0.3) is 11.3 Å². The molecule has 0 unspecified atom stereocenters. The quantitative estimate of drug-likeness (QED) is 0.833. The summed E-state index contributed by atoms with van der Waals surface area (Å²) in [5, 5.41) is 2.73. The summed E-state index contributed by atoms with van der Waals surface area (Å²) in [6.45, 7) is 0.602. The summed E-state index contributed by atoms with van der Waals surface area (Å²) < 4.78 is 5.39. The molecule has 2 aromatic rings. The maximum Gasteiger partial charge on any atom is 0.307 e. The predicted molar refractivity (Wildman–Crippen MR) is 70.4 cm³/mol. The number of nitrogens with zero attached hydrogens (tertiary/aromatic N) is 2. The van der Waals surface area contributed by atoms with Crippen molar-refractivity contribution in [2.45, 2.75) is 0 Å². The molecule has 0 bridgehead atoms. The second-order valence-electron chi connectivity index (χ2n) is 3.52. The molecule has 0 aromatic carbocycles. The van der Waals surface area contributed by atoms with Gasteiger partial charge in [-0.25, -0.2) is 4.98 Å². The monoisotopic (exact) mass is 263 g/mol. The molecule has 2 heterocycles. The maximum absolute atomic E-state index is 11.7. The van der Waals surface area contributed by atoms with Gasteiger partial charge in [-0.2, -0.15) is 11.8 Å². The topological polar surface area (TPSA) is 68.0 Å². The summed E-state index contributed by atoms with van der Waals surface area (Å²) in [4.78, 5) is 19.6. The van der Waals surface area contributed by atoms with E-state index in [1.54, 1.807) is 30.2 Å². The molecule has 0 saturated heterocycles. The Kier molecular flexibility index (Phi) is 4.35. The number of aromatic nitrogens is 2. The Hall–Kier alpha value is -1.82. The molecule has 94 valence electrons. The van der Waals surface area contributed by atoms with Gasteiger partial charge in [-0.1, -0.05) is 0 Å². The molecule has 2 rings (SSSR count). The van der Waals surface area contributed by atoms with Crippen LogP contribution in [-0.4, -0.2) is 34.4 Å². The van der Waals surface area contributed by atoms with Crippen LogP contribution >= 0.6 is 11.8 Å². The highest BCUT2D eigenvalue weighted by atomic mass is 32.2. The number of amides is 1. The number of oxazole rings is 1. The third kappa shape index (κ3) is 3.10. The third-order valence-electron chi connectivity index (χ3n) is 2.24. The smallest absolute Gasteiger partial charge is 0.307 e. The van der Waals surface area contributed by atoms with E-state index in [9.17, 15) is 4.79 Å². The van der Waals surface area contributed by atoms with Crippen molar-refractivity contribution in [1.29, 1.82) is 0 Å². The minimum Gasteiger partial charge on any atom is -0.432 e. The summed E-state index contributed by atoms with van der Waals surface area (Å²) in [6.07, 6.45) is 6.85. The SMILES string of the molecule is CSCCNC(=O)c1ncc(-c2cccnc2)o1. The molecule has 0 aliphatic rings. The van der Waals surface area contributed by atoms with Gasteiger partial charge in [0.05, 0.1) is 6.20 Å². The summed E-state index contributed by atoms with van der Waals surface area (Å²) >= 11 is 1.67. The lowest BCUT2D eigenvalue weighted by Crippen LogP contribution is -2.25. The van der Waals surface area contributed by atoms with Gasteiger partial charge < -0.3 is 9.73 Å². The number of rotatable bonds is 5. The average Bonchev–Trinajstić information content (AvgIpc) is 2.89. The Morgan fingerprint density at radius 2 is 2.39 bits per heavy atom. The van der Waals surface area contributed by atoms with Crippen LogP contribution in [-0.2, 0) is 0 Å². The number of carbonyl (C=O) groups is 1. The number of carbonyl (C=O) groups excluding carboxylic acids is 1. The van der Waals surface area contributed by atoms with Crippen molar-refractivity contribution in [2.75, 3.05) is 18.6 Å². The molecule has 6 heteroatoms. The number of thioether (sulfide) groups is 1. The predicted octanol–water partition coefficient (Wildman–Crippen LogP) is 1.83. The Morgan fingerprint density at radius 1 is 1.50 bits per heavy atom. The van der Waals surface area contributed by atoms with Gasteiger partial charge in [0.25, 0.3) is 5.89 Å². The summed E-state index contributed by atoms with van der Waals surface area (Å²) in [7, 11) is 0. The first-order chi connectivity index (χ1) is 8.81. The Morgan fingerprint density at radius 3 is 3.11 bits per heavy atom. The lowest BCUT2D eigenvalue weighted by Gasteiger charge is -1.99. The first kappa shape index (κ1) is 12.6. The highest BCUT2D eigenvalue weighted by Crippen LogP contribution is 2.18. The van der Waals surface area contributed by atoms with Crippen LogP contribution < -0.4 is 5.32 Å². The van der Waals surface area contributed by atoms with E-state index < -0.39 is 0 Å². The fourth-order valence-electron chi connectivity index (χ4n) is 1.36. The maximum atomic E-state index is 11.7. The van der Waals surface area contributed by atoms with Crippen molar-refractivity contribution in [2.24, 2.45) is 0 Å². The molecule has 0 saturated carbocycles. The zero-order chi connectivity index (χ0) is 12.8. The van der Waals surface area contributed by atoms with Gasteiger partial charge in [0.15, 0.2) is 5.76 Å². The normalized spacial score (nSPS) is 10.3. The molecule has 2 aromatic heterocycles. The van der Waals surface area contributed by atoms with Crippen LogP contribution in [0.5, 0.6) is 0 Å². The van der Waals surface area contributed by atoms with E-state index in [0.717, 1.165) is 11.3 Å². The van der Waals surface area contributed by atoms with E-state index in [0.29, 0.717) is 12.3 Å². The summed E-state index contributed by atoms with van der Waals surface area (Å²) in [6, 6.07) is 3.65. The van der Waals surface area contributed by atoms with Gasteiger partial charge in [0.1, 0.15) is 0 Å². The molecule has 0 atom stereocenters. The largest absolute Gasteiger partial charge is 0.432 e. The second-order valence-corrected chi connectivity index (χ2v) is 4.51. The first-order valence-electron chi connectivity index (χ1n) is 5.44. The zero-order valence-electron chi connectivity index (χ0n) is 9.92. The molecule has 0 fully saturated rings. The van der Waals surface area contributed by atoms with Gasteiger partial charge in [-0.3, -0.25) is 9.78 Å². The number of nitrogens with one attached hydrogen (secondary N) is 1. The average molecular weight is 263 g/mol. The fraction of sp³-hybridized carbons (Fsp3) is 0.250. The molecule has 5 nitrogen and oxygen atoms in total. The molecular formula is C12H13N3O2S. The van der Waals surface area contributed by atoms with E-state index in [2.05, 4.69) is 15.3 Å². The summed E-state index contributed by atoms with van der Waals surface area (Å²) in [5.41, 5.74) is 0.799. The fourth-order valence-corrected chi connectivity index (χ4v) is 1.67. The van der Waals surface area contributed by atoms with Crippen LogP contribution in [0, 0.1) is 0 Å². The van der Waals surface area contributed by atoms with Crippen molar-refractivity contribution >= 4 is 17.7 Å². The number of pyridine rings is 1. The number of hydrogen-bond donors (Lipinski definition) is 1. The van der Waals surface area contributed by atoms with Gasteiger partial charge in [-0.15, -0.1) is 0 Å². The zero-order valence-corrected chi connectivity index (χ0v) is 10.7. The van der Waals surface area contributed by atoms with Crippen LogP contribution in [0.1, 0.15) is 10.7 Å². The first-order valence-corrected chi connectivity index (χ1v) is 6.84. The molecule has 18 heavy (non-hydrogen) atoms. The number of hydrogen-bond acceptors (Lipinski definition) is 5. The lowest BCUT2D eigenvalue weighted by atomic mass is 10.2. The van der Waals surface area contributed by atoms with E-state index in [-0.39, 0.29) is 11.8 Å². The van der Waals surface area contributed by atoms with Crippen LogP contribution in [0.2, 0.25) is 0 Å². The molecule has 0 radical (unpaired) electrons. The van der Waals surface area contributed by atoms with Gasteiger partial charge in [-0.05, 0) is 18.4 Å². The van der Waals surface area contributed by atoms with E-state index in [1.165, 1.54) is 6.20 Å². The van der Waals surface area contributed by atoms with Gasteiger partial charge in [0, 0.05) is 30.3 Å². The van der Waals surface area contributed by atoms with Crippen molar-refractivity contribution in [3.8, 4) is 11.3 Å². The van der Waals surface area contributed by atoms with Crippen LogP contribution in [0.4, 0.5) is 0 Å². The third-order valence-corrected chi connectivity index (χ3v) is 2.85. The van der Waals surface area contributed by atoms with E-state index in [4.69, 9.17) is 4.42 Å². The molecule has 0 spiro atoms. The van der Waals surface area contributed by atoms with Crippen molar-refractivity contribution in [3.05, 3.63) is 36.6 Å². The second kappa shape index (κ2) is 6.20. The molecule has 1 amide bonds. The van der Waals surface area contributed by atoms with E-state index >= 15 is 0 Å². The van der Waals surface area contributed by atoms with Gasteiger partial charge in [0.2, 0.25) is 0 Å². The Bertz CT molecular complexity index is 513. The molecule has 0 aliphatic carbocycles. The van der Waals surface area contributed by atoms with E-state index in [1.807, 2.05) is 12.3 Å². The molecular weight excluding hydrogens is 250 g/mol. The Balaban J connectivity index is 2.04. The van der Waals surface area contributed by atoms with Crippen molar-refractivity contribution in [3.63, 3.8) is 0 Å². The van der Waals surface area contributed by atoms with Crippen molar-refractivity contribution < 1.29 is 9.21 Å². The minimum absolute atomic E-state index is 0.0787. The van der Waals surface area contributed by atoms with Crippen molar-refractivity contribution in [1.82, 2.24) is 15.3 Å². The molecule has 1 N–H and O–H groups in total.